The van der Waals surface area contributed by atoms with Crippen LogP contribution < -0.4 is 9.64 Å². The number of rotatable bonds is 21. The SMILES string of the molecule is COCCN1/C(=C/C=C/C2=[N+](CCCCCC(=O)Oc3c(F)c(F)c(S(=O)(=O)O)c(F)c3F)c3ccc4c(S(=O)(=O)O)cc(S(=O)(=O)O)cc4c3C2(C)C)C(C)(CCCS(=O)(=O)O)c2c1ccc1c(S(=O)(=O)O)cc(S(=O)(=O)O)cc21. The van der Waals surface area contributed by atoms with Crippen LogP contribution in [0.5, 0.6) is 5.75 Å². The summed E-state index contributed by atoms with van der Waals surface area (Å²) in [4.78, 5) is 8.43. The van der Waals surface area contributed by atoms with Gasteiger partial charge in [0.15, 0.2) is 22.2 Å². The fraction of sp³-hybridized carbons (Fsp3) is 0.333. The molecule has 23 nitrogen and oxygen atoms in total. The van der Waals surface area contributed by atoms with Gasteiger partial charge >= 0.3 is 16.1 Å². The maximum Gasteiger partial charge on any atom is 0.311 e. The molecule has 0 saturated heterocycles. The van der Waals surface area contributed by atoms with Gasteiger partial charge in [-0.2, -0.15) is 63.9 Å². The predicted molar refractivity (Wildman–Crippen MR) is 280 cm³/mol. The lowest BCUT2D eigenvalue weighted by molar-refractivity contribution is -0.438. The molecule has 0 fully saturated rings. The molecule has 2 aliphatic rings. The smallest absolute Gasteiger partial charge is 0.311 e. The number of benzene rings is 5. The summed E-state index contributed by atoms with van der Waals surface area (Å²) in [5.74, 6) is -14.1. The summed E-state index contributed by atoms with van der Waals surface area (Å²) in [6.45, 7) is 4.92. The van der Waals surface area contributed by atoms with E-state index in [0.29, 0.717) is 34.9 Å². The largest absolute Gasteiger partial charge is 0.420 e. The summed E-state index contributed by atoms with van der Waals surface area (Å²) < 4.78 is 278. The van der Waals surface area contributed by atoms with Crippen molar-refractivity contribution in [3.63, 3.8) is 0 Å². The molecular formula is C48H49F4N2O21S6+. The van der Waals surface area contributed by atoms with Crippen molar-refractivity contribution in [3.05, 3.63) is 107 Å². The fourth-order valence-electron chi connectivity index (χ4n) is 10.4. The zero-order chi connectivity index (χ0) is 60.5. The Labute approximate surface area is 461 Å². The minimum atomic E-state index is -5.82. The van der Waals surface area contributed by atoms with E-state index in [2.05, 4.69) is 4.74 Å². The fourth-order valence-corrected chi connectivity index (χ4v) is 14.2. The Balaban J connectivity index is 1.37. The number of unbranched alkanes of at least 4 members (excludes halogenated alkanes) is 2. The first-order chi connectivity index (χ1) is 37.2. The van der Waals surface area contributed by atoms with Crippen LogP contribution in [0.2, 0.25) is 0 Å². The number of methoxy groups -OCH3 is 1. The van der Waals surface area contributed by atoms with E-state index < -0.39 is 143 Å². The summed E-state index contributed by atoms with van der Waals surface area (Å²) >= 11 is 0. The van der Waals surface area contributed by atoms with E-state index in [9.17, 15) is 95.6 Å². The van der Waals surface area contributed by atoms with Crippen LogP contribution in [0.15, 0.2) is 96.9 Å². The lowest BCUT2D eigenvalue weighted by Crippen LogP contribution is -2.31. The molecule has 33 heteroatoms. The Bertz CT molecular complexity index is 4290. The number of nitrogens with zero attached hydrogens (tertiary/aromatic N) is 2. The average molecular weight is 1260 g/mol. The molecule has 0 spiro atoms. The number of carbonyl (C=O) groups is 1. The molecule has 0 aromatic heterocycles. The lowest BCUT2D eigenvalue weighted by Gasteiger charge is -2.31. The van der Waals surface area contributed by atoms with Crippen LogP contribution in [0, 0.1) is 23.3 Å². The second-order valence-electron chi connectivity index (χ2n) is 19.5. The van der Waals surface area contributed by atoms with Gasteiger partial charge in [0, 0.05) is 71.8 Å². The number of hydrogen-bond donors (Lipinski definition) is 6. The third-order valence-electron chi connectivity index (χ3n) is 13.8. The van der Waals surface area contributed by atoms with Crippen molar-refractivity contribution in [2.24, 2.45) is 0 Å². The number of allylic oxidation sites excluding steroid dienone is 4. The summed E-state index contributed by atoms with van der Waals surface area (Å²) in [7, 11) is -29.8. The molecular weight excluding hydrogens is 1210 g/mol. The Kier molecular flexibility index (Phi) is 17.1. The maximum atomic E-state index is 14.7. The van der Waals surface area contributed by atoms with Gasteiger partial charge in [-0.05, 0) is 105 Å². The minimum absolute atomic E-state index is 0.00533. The molecule has 440 valence electrons. The maximum absolute atomic E-state index is 14.7. The van der Waals surface area contributed by atoms with Crippen molar-refractivity contribution in [1.29, 1.82) is 0 Å². The Hall–Kier alpha value is -5.82. The van der Waals surface area contributed by atoms with Crippen molar-refractivity contribution >= 4 is 105 Å². The quantitative estimate of drug-likeness (QED) is 0.00831. The van der Waals surface area contributed by atoms with E-state index in [1.165, 1.54) is 37.5 Å². The molecule has 6 N–H and O–H groups in total. The van der Waals surface area contributed by atoms with Gasteiger partial charge in [-0.3, -0.25) is 32.1 Å². The monoisotopic (exact) mass is 1260 g/mol. The molecule has 81 heavy (non-hydrogen) atoms. The normalized spacial score (nSPS) is 17.5. The van der Waals surface area contributed by atoms with Gasteiger partial charge < -0.3 is 14.4 Å². The number of hydrogen-bond acceptors (Lipinski definition) is 16. The highest BCUT2D eigenvalue weighted by molar-refractivity contribution is 7.87. The third-order valence-corrected chi connectivity index (χ3v) is 18.9. The van der Waals surface area contributed by atoms with Crippen LogP contribution in [0.4, 0.5) is 28.9 Å². The van der Waals surface area contributed by atoms with Gasteiger partial charge in [0.2, 0.25) is 23.1 Å². The Morgan fingerprint density at radius 3 is 1.67 bits per heavy atom. The molecule has 2 aliphatic heterocycles. The number of anilines is 1. The third kappa shape index (κ3) is 12.5. The zero-order valence-electron chi connectivity index (χ0n) is 42.6. The van der Waals surface area contributed by atoms with Crippen molar-refractivity contribution in [1.82, 2.24) is 0 Å². The van der Waals surface area contributed by atoms with Gasteiger partial charge in [0.25, 0.3) is 50.6 Å². The zero-order valence-corrected chi connectivity index (χ0v) is 47.5. The van der Waals surface area contributed by atoms with Crippen molar-refractivity contribution in [3.8, 4) is 5.75 Å². The molecule has 0 saturated carbocycles. The van der Waals surface area contributed by atoms with E-state index in [4.69, 9.17) is 9.29 Å². The highest BCUT2D eigenvalue weighted by atomic mass is 32.2. The molecule has 0 amide bonds. The number of halogens is 4. The van der Waals surface area contributed by atoms with E-state index in [1.807, 2.05) is 0 Å². The van der Waals surface area contributed by atoms with Crippen LogP contribution >= 0.6 is 0 Å². The van der Waals surface area contributed by atoms with Gasteiger partial charge in [0.1, 0.15) is 16.3 Å². The first kappa shape index (κ1) is 62.8. The highest BCUT2D eigenvalue weighted by Gasteiger charge is 2.48. The van der Waals surface area contributed by atoms with E-state index in [-0.39, 0.29) is 84.5 Å². The molecule has 0 aliphatic carbocycles. The van der Waals surface area contributed by atoms with Crippen molar-refractivity contribution in [2.45, 2.75) is 94.6 Å². The van der Waals surface area contributed by atoms with Gasteiger partial charge in [-0.15, -0.1) is 0 Å². The average Bonchev–Trinajstić information content (AvgIpc) is 3.86. The number of esters is 1. The van der Waals surface area contributed by atoms with E-state index in [1.54, 1.807) is 42.4 Å². The van der Waals surface area contributed by atoms with E-state index >= 15 is 0 Å². The Morgan fingerprint density at radius 1 is 0.642 bits per heavy atom. The second-order valence-corrected chi connectivity index (χ2v) is 28.0. The standard InChI is InChI=1S/C48H48F4N2O21S6/c1-47(2)36(10-8-11-37-48(3,17-9-21-76(56,57)58)40-31-23-27(78(62,63)64)25-35(80(68,69)70)29(31)14-16-33(40)54(37)19-20-74-4)53(32-15-13-28-30(39(32)47)22-26(77(59,60)61)24-34(28)79(65,66)67)18-7-5-6-12-38(55)75-45-41(49)43(51)46(81(71,72)73)44(52)42(45)50/h8,10-11,13-16,22-25H,5-7,9,12,17-21H2,1-4H3,(H5-,56,57,58,59,60,61,62,63,64,65,66,67,68,69,70,71,72,73)/p+1. The molecule has 5 aromatic rings. The molecule has 2 heterocycles. The molecule has 7 rings (SSSR count). The highest BCUT2D eigenvalue weighted by Crippen LogP contribution is 2.54. The number of fused-ring (bicyclic) bond motifs is 6. The minimum Gasteiger partial charge on any atom is -0.420 e. The Morgan fingerprint density at radius 2 is 1.17 bits per heavy atom. The summed E-state index contributed by atoms with van der Waals surface area (Å²) in [6, 6.07) is 8.52. The first-order valence-electron chi connectivity index (χ1n) is 23.6. The van der Waals surface area contributed by atoms with Crippen molar-refractivity contribution < 1.29 is 114 Å². The lowest BCUT2D eigenvalue weighted by atomic mass is 9.75. The molecule has 5 aromatic carbocycles. The van der Waals surface area contributed by atoms with Crippen LogP contribution in [0.1, 0.15) is 70.4 Å². The second kappa shape index (κ2) is 22.1. The van der Waals surface area contributed by atoms with Gasteiger partial charge in [-0.25, -0.2) is 8.78 Å². The molecule has 0 radical (unpaired) electrons. The first-order valence-corrected chi connectivity index (χ1v) is 32.4. The summed E-state index contributed by atoms with van der Waals surface area (Å²) in [5, 5.41) is -0.569. The van der Waals surface area contributed by atoms with Gasteiger partial charge in [0.05, 0.1) is 27.6 Å². The van der Waals surface area contributed by atoms with Crippen molar-refractivity contribution in [2.75, 3.05) is 37.5 Å². The number of ether oxygens (including phenoxy) is 2. The van der Waals surface area contributed by atoms with Gasteiger partial charge in [-0.1, -0.05) is 12.1 Å². The number of carbonyl (C=O) groups excluding carboxylic acids is 1. The topological polar surface area (TPSA) is 368 Å². The van der Waals surface area contributed by atoms with Crippen LogP contribution in [0.25, 0.3) is 21.5 Å². The van der Waals surface area contributed by atoms with Crippen LogP contribution in [-0.2, 0) is 81.1 Å². The van der Waals surface area contributed by atoms with E-state index in [0.717, 1.165) is 12.1 Å². The summed E-state index contributed by atoms with van der Waals surface area (Å²) in [5.41, 5.74) is -1.05. The molecule has 1 atom stereocenters. The van der Waals surface area contributed by atoms with Crippen LogP contribution in [-0.4, -0.2) is 127 Å². The predicted octanol–water partition coefficient (Wildman–Crippen LogP) is 6.86. The summed E-state index contributed by atoms with van der Waals surface area (Å²) in [6.07, 6.45) is 3.63. The molecule has 1 unspecified atom stereocenters. The van der Waals surface area contributed by atoms with Crippen LogP contribution in [0.3, 0.4) is 0 Å². The molecule has 0 bridgehead atoms.